The zero-order valence-corrected chi connectivity index (χ0v) is 19.5. The van der Waals surface area contributed by atoms with E-state index in [0.717, 1.165) is 0 Å². The zero-order valence-electron chi connectivity index (χ0n) is 18.6. The Hall–Kier alpha value is -2.48. The summed E-state index contributed by atoms with van der Waals surface area (Å²) >= 11 is 0. The van der Waals surface area contributed by atoms with Crippen LogP contribution >= 0.6 is 7.60 Å². The number of benzene rings is 1. The molecular weight excluding hydrogens is 423 g/mol. The number of carbonyl (C=O) groups excluding carboxylic acids is 1. The second-order valence-corrected chi connectivity index (χ2v) is 9.24. The first kappa shape index (κ1) is 24.8. The molecule has 0 aliphatic carbocycles. The molecular formula is C21H29N2O7P. The number of hydrogen-bond acceptors (Lipinski definition) is 8. The first-order valence-corrected chi connectivity index (χ1v) is 11.6. The molecule has 9 nitrogen and oxygen atoms in total. The monoisotopic (exact) mass is 452 g/mol. The fourth-order valence-electron chi connectivity index (χ4n) is 3.55. The molecule has 1 heterocycles. The number of ether oxygens (including phenoxy) is 1. The molecule has 0 aromatic heterocycles. The molecule has 0 saturated carbocycles. The highest BCUT2D eigenvalue weighted by Crippen LogP contribution is 2.64. The summed E-state index contributed by atoms with van der Waals surface area (Å²) in [5, 5.41) is 14.7. The average Bonchev–Trinajstić information content (AvgIpc) is 2.66. The predicted octanol–water partition coefficient (Wildman–Crippen LogP) is 5.00. The molecule has 0 radical (unpaired) electrons. The van der Waals surface area contributed by atoms with Gasteiger partial charge in [-0.2, -0.15) is 0 Å². The van der Waals surface area contributed by atoms with Crippen molar-refractivity contribution in [1.82, 2.24) is 5.32 Å². The molecule has 1 unspecified atom stereocenters. The van der Waals surface area contributed by atoms with E-state index < -0.39 is 24.4 Å². The number of allylic oxidation sites excluding steroid dienone is 3. The quantitative estimate of drug-likeness (QED) is 0.241. The fraction of sp³-hybridized carbons (Fsp3) is 0.476. The van der Waals surface area contributed by atoms with Crippen molar-refractivity contribution in [3.05, 3.63) is 62.2 Å². The van der Waals surface area contributed by atoms with Gasteiger partial charge < -0.3 is 19.1 Å². The van der Waals surface area contributed by atoms with Gasteiger partial charge >= 0.3 is 13.6 Å². The SMILES string of the molecule is CCOP(=O)(OCC)C1=C(C)NC(C)=C(C(=O)OC(C)C)C1c1cccc([N+](=O)[O-])c1. The largest absolute Gasteiger partial charge is 0.460 e. The van der Waals surface area contributed by atoms with Gasteiger partial charge in [-0.3, -0.25) is 14.7 Å². The molecule has 1 aliphatic heterocycles. The van der Waals surface area contributed by atoms with E-state index >= 15 is 0 Å². The molecule has 0 spiro atoms. The van der Waals surface area contributed by atoms with Gasteiger partial charge in [-0.15, -0.1) is 0 Å². The first-order valence-electron chi connectivity index (χ1n) is 10.1. The van der Waals surface area contributed by atoms with E-state index in [2.05, 4.69) is 5.32 Å². The summed E-state index contributed by atoms with van der Waals surface area (Å²) in [6, 6.07) is 5.89. The van der Waals surface area contributed by atoms with Crippen molar-refractivity contribution in [2.24, 2.45) is 0 Å². The maximum Gasteiger partial charge on any atom is 0.360 e. The molecule has 10 heteroatoms. The van der Waals surface area contributed by atoms with E-state index in [1.807, 2.05) is 0 Å². The minimum atomic E-state index is -3.84. The van der Waals surface area contributed by atoms with Crippen LogP contribution in [-0.4, -0.2) is 30.2 Å². The Labute approximate surface area is 182 Å². The van der Waals surface area contributed by atoms with Crippen LogP contribution in [0.2, 0.25) is 0 Å². The lowest BCUT2D eigenvalue weighted by Gasteiger charge is -2.34. The van der Waals surface area contributed by atoms with Crippen molar-refractivity contribution in [3.63, 3.8) is 0 Å². The Kier molecular flexibility index (Phi) is 8.17. The number of non-ortho nitro benzene ring substituents is 1. The molecule has 1 aliphatic rings. The van der Waals surface area contributed by atoms with Crippen LogP contribution in [0.1, 0.15) is 53.0 Å². The predicted molar refractivity (Wildman–Crippen MR) is 116 cm³/mol. The second kappa shape index (κ2) is 10.2. The van der Waals surface area contributed by atoms with Gasteiger partial charge in [0.05, 0.1) is 41.0 Å². The van der Waals surface area contributed by atoms with E-state index in [0.29, 0.717) is 17.0 Å². The summed E-state index contributed by atoms with van der Waals surface area (Å²) in [6.45, 7) is 10.5. The molecule has 1 aromatic rings. The minimum Gasteiger partial charge on any atom is -0.460 e. The Bertz CT molecular complexity index is 958. The summed E-state index contributed by atoms with van der Waals surface area (Å²) in [4.78, 5) is 23.9. The van der Waals surface area contributed by atoms with E-state index in [1.54, 1.807) is 47.6 Å². The first-order chi connectivity index (χ1) is 14.6. The Morgan fingerprint density at radius 3 is 2.32 bits per heavy atom. The van der Waals surface area contributed by atoms with Crippen LogP contribution in [0.5, 0.6) is 0 Å². The number of rotatable bonds is 9. The molecule has 0 bridgehead atoms. The van der Waals surface area contributed by atoms with E-state index in [4.69, 9.17) is 13.8 Å². The summed E-state index contributed by atoms with van der Waals surface area (Å²) in [5.74, 6) is -1.52. The highest BCUT2D eigenvalue weighted by Gasteiger charge is 2.45. The molecule has 170 valence electrons. The number of esters is 1. The molecule has 0 saturated heterocycles. The molecule has 0 fully saturated rings. The smallest absolute Gasteiger partial charge is 0.360 e. The number of nitro benzene ring substituents is 1. The molecule has 31 heavy (non-hydrogen) atoms. The van der Waals surface area contributed by atoms with Crippen LogP contribution in [-0.2, 0) is 23.1 Å². The third-order valence-electron chi connectivity index (χ3n) is 4.60. The van der Waals surface area contributed by atoms with Gasteiger partial charge in [-0.25, -0.2) is 4.79 Å². The van der Waals surface area contributed by atoms with Crippen molar-refractivity contribution >= 4 is 19.3 Å². The maximum atomic E-state index is 13.8. The van der Waals surface area contributed by atoms with Crippen LogP contribution in [0.15, 0.2) is 46.5 Å². The van der Waals surface area contributed by atoms with Crippen molar-refractivity contribution in [1.29, 1.82) is 0 Å². The van der Waals surface area contributed by atoms with Crippen molar-refractivity contribution in [3.8, 4) is 0 Å². The van der Waals surface area contributed by atoms with Crippen molar-refractivity contribution in [2.75, 3.05) is 13.2 Å². The summed E-state index contributed by atoms with van der Waals surface area (Å²) in [5.41, 5.74) is 1.47. The van der Waals surface area contributed by atoms with E-state index in [1.165, 1.54) is 18.2 Å². The van der Waals surface area contributed by atoms with Gasteiger partial charge in [0, 0.05) is 23.5 Å². The van der Waals surface area contributed by atoms with Crippen LogP contribution in [0.25, 0.3) is 0 Å². The number of nitrogens with zero attached hydrogens (tertiary/aromatic N) is 1. The zero-order chi connectivity index (χ0) is 23.3. The van der Waals surface area contributed by atoms with Crippen LogP contribution in [0.3, 0.4) is 0 Å². The lowest BCUT2D eigenvalue weighted by molar-refractivity contribution is -0.384. The van der Waals surface area contributed by atoms with Crippen LogP contribution < -0.4 is 5.32 Å². The van der Waals surface area contributed by atoms with Gasteiger partial charge in [-0.05, 0) is 47.1 Å². The Morgan fingerprint density at radius 2 is 1.81 bits per heavy atom. The summed E-state index contributed by atoms with van der Waals surface area (Å²) < 4.78 is 30.4. The van der Waals surface area contributed by atoms with Crippen molar-refractivity contribution < 1.29 is 28.1 Å². The lowest BCUT2D eigenvalue weighted by atomic mass is 9.86. The fourth-order valence-corrected chi connectivity index (χ4v) is 5.65. The van der Waals surface area contributed by atoms with E-state index in [9.17, 15) is 19.5 Å². The van der Waals surface area contributed by atoms with Gasteiger partial charge in [-0.1, -0.05) is 12.1 Å². The van der Waals surface area contributed by atoms with Gasteiger partial charge in [0.15, 0.2) is 0 Å². The Balaban J connectivity index is 2.80. The normalized spacial score (nSPS) is 17.1. The molecule has 0 amide bonds. The minimum absolute atomic E-state index is 0.115. The number of nitro groups is 1. The molecule has 2 rings (SSSR count). The van der Waals surface area contributed by atoms with Gasteiger partial charge in [0.1, 0.15) is 0 Å². The maximum absolute atomic E-state index is 13.8. The second-order valence-electron chi connectivity index (χ2n) is 7.25. The number of nitrogens with one attached hydrogen (secondary N) is 1. The van der Waals surface area contributed by atoms with Crippen molar-refractivity contribution in [2.45, 2.75) is 53.6 Å². The molecule has 1 aromatic carbocycles. The average molecular weight is 452 g/mol. The van der Waals surface area contributed by atoms with Crippen LogP contribution in [0.4, 0.5) is 5.69 Å². The highest BCUT2D eigenvalue weighted by molar-refractivity contribution is 7.58. The number of dihydropyridines is 1. The molecule has 1 N–H and O–H groups in total. The van der Waals surface area contributed by atoms with E-state index in [-0.39, 0.29) is 35.9 Å². The third-order valence-corrected chi connectivity index (χ3v) is 6.98. The summed E-state index contributed by atoms with van der Waals surface area (Å²) in [6.07, 6.45) is -0.389. The highest BCUT2D eigenvalue weighted by atomic mass is 31.2. The van der Waals surface area contributed by atoms with Gasteiger partial charge in [0.2, 0.25) is 0 Å². The third kappa shape index (κ3) is 5.42. The van der Waals surface area contributed by atoms with Gasteiger partial charge in [0.25, 0.3) is 5.69 Å². The Morgan fingerprint density at radius 1 is 1.19 bits per heavy atom. The molecule has 1 atom stereocenters. The number of hydrogen-bond donors (Lipinski definition) is 1. The van der Waals surface area contributed by atoms with Crippen LogP contribution in [0, 0.1) is 10.1 Å². The standard InChI is InChI=1S/C21H29N2O7P/c1-7-28-31(27,29-8-2)20-15(6)22-14(5)18(21(24)30-13(3)4)19(20)16-10-9-11-17(12-16)23(25)26/h9-13,19,22H,7-8H2,1-6H3. The summed E-state index contributed by atoms with van der Waals surface area (Å²) in [7, 11) is -3.84. The number of carbonyl (C=O) groups is 1. The topological polar surface area (TPSA) is 117 Å². The lowest BCUT2D eigenvalue weighted by Crippen LogP contribution is -2.30.